The Hall–Kier alpha value is -2.18. The van der Waals surface area contributed by atoms with E-state index in [9.17, 15) is 14.4 Å². The van der Waals surface area contributed by atoms with Crippen LogP contribution >= 0.6 is 0 Å². The van der Waals surface area contributed by atoms with Gasteiger partial charge in [-0.25, -0.2) is 9.48 Å². The molecule has 1 aromatic heterocycles. The fraction of sp³-hybridized carbons (Fsp3) is 0.400. The Bertz CT molecular complexity index is 506. The summed E-state index contributed by atoms with van der Waals surface area (Å²) in [4.78, 5) is 33.8. The zero-order chi connectivity index (χ0) is 13.0. The van der Waals surface area contributed by atoms with Gasteiger partial charge in [0, 0.05) is 0 Å². The van der Waals surface area contributed by atoms with Crippen molar-refractivity contribution in [3.8, 4) is 0 Å². The minimum absolute atomic E-state index is 0.138. The van der Waals surface area contributed by atoms with Crippen molar-refractivity contribution in [2.75, 3.05) is 6.61 Å². The average molecular weight is 240 g/mol. The van der Waals surface area contributed by atoms with Crippen LogP contribution in [0.3, 0.4) is 0 Å². The van der Waals surface area contributed by atoms with Crippen LogP contribution in [0.5, 0.6) is 0 Å². The normalized spacial score (nSPS) is 10.0. The van der Waals surface area contributed by atoms with Crippen LogP contribution in [-0.4, -0.2) is 33.4 Å². The molecule has 7 nitrogen and oxygen atoms in total. The van der Waals surface area contributed by atoms with Gasteiger partial charge < -0.3 is 9.84 Å². The molecule has 0 spiro atoms. The fourth-order valence-electron chi connectivity index (χ4n) is 1.26. The molecule has 0 atom stereocenters. The number of carboxylic acid groups (broad SMARTS) is 1. The van der Waals surface area contributed by atoms with Gasteiger partial charge in [-0.3, -0.25) is 9.59 Å². The van der Waals surface area contributed by atoms with Gasteiger partial charge in [-0.2, -0.15) is 5.10 Å². The maximum Gasteiger partial charge on any atom is 0.344 e. The van der Waals surface area contributed by atoms with E-state index in [1.807, 2.05) is 0 Å². The number of nitrogens with zero attached hydrogens (tertiary/aromatic N) is 2. The van der Waals surface area contributed by atoms with Gasteiger partial charge in [0.2, 0.25) is 0 Å². The molecule has 7 heteroatoms. The molecule has 92 valence electrons. The molecule has 0 aliphatic heterocycles. The van der Waals surface area contributed by atoms with E-state index in [2.05, 4.69) is 5.10 Å². The van der Waals surface area contributed by atoms with Crippen molar-refractivity contribution in [3.05, 3.63) is 27.7 Å². The first kappa shape index (κ1) is 12.9. The predicted molar refractivity (Wildman–Crippen MR) is 56.8 cm³/mol. The highest BCUT2D eigenvalue weighted by atomic mass is 16.5. The number of esters is 1. The van der Waals surface area contributed by atoms with E-state index < -0.39 is 24.0 Å². The van der Waals surface area contributed by atoms with Crippen molar-refractivity contribution in [2.24, 2.45) is 0 Å². The third kappa shape index (κ3) is 2.90. The summed E-state index contributed by atoms with van der Waals surface area (Å²) in [6, 6.07) is 0. The Morgan fingerprint density at radius 1 is 1.53 bits per heavy atom. The van der Waals surface area contributed by atoms with E-state index in [-0.39, 0.29) is 12.2 Å². The molecule has 0 saturated heterocycles. The van der Waals surface area contributed by atoms with Gasteiger partial charge in [0.15, 0.2) is 0 Å². The van der Waals surface area contributed by atoms with E-state index in [0.717, 1.165) is 0 Å². The molecular weight excluding hydrogens is 228 g/mol. The van der Waals surface area contributed by atoms with Crippen LogP contribution in [-0.2, 0) is 16.1 Å². The molecule has 1 N–H and O–H groups in total. The monoisotopic (exact) mass is 240 g/mol. The van der Waals surface area contributed by atoms with E-state index in [1.165, 1.54) is 13.1 Å². The van der Waals surface area contributed by atoms with Gasteiger partial charge in [-0.1, -0.05) is 0 Å². The molecule has 0 aliphatic carbocycles. The molecule has 17 heavy (non-hydrogen) atoms. The maximum atomic E-state index is 11.8. The lowest BCUT2D eigenvalue weighted by Gasteiger charge is -2.07. The third-order valence-corrected chi connectivity index (χ3v) is 2.00. The second-order valence-electron chi connectivity index (χ2n) is 3.28. The zero-order valence-corrected chi connectivity index (χ0v) is 9.47. The van der Waals surface area contributed by atoms with E-state index in [0.29, 0.717) is 10.2 Å². The van der Waals surface area contributed by atoms with Gasteiger partial charge in [0.1, 0.15) is 12.1 Å². The summed E-state index contributed by atoms with van der Waals surface area (Å²) in [5, 5.41) is 12.2. The molecule has 0 fully saturated rings. The number of rotatable bonds is 4. The van der Waals surface area contributed by atoms with Gasteiger partial charge in [0.25, 0.3) is 5.56 Å². The van der Waals surface area contributed by atoms with Gasteiger partial charge >= 0.3 is 11.9 Å². The number of ether oxygens (including phenoxy) is 1. The summed E-state index contributed by atoms with van der Waals surface area (Å²) in [5.74, 6) is -1.98. The number of aliphatic carboxylic acids is 1. The Labute approximate surface area is 96.6 Å². The SMILES string of the molecule is CCOC(=O)c1c(C)cnn(CC(=O)O)c1=O. The number of hydrogen-bond acceptors (Lipinski definition) is 5. The summed E-state index contributed by atoms with van der Waals surface area (Å²) in [6.07, 6.45) is 1.26. The first-order valence-corrected chi connectivity index (χ1v) is 4.93. The molecule has 0 radical (unpaired) electrons. The molecule has 0 bridgehead atoms. The Morgan fingerprint density at radius 3 is 2.71 bits per heavy atom. The first-order valence-electron chi connectivity index (χ1n) is 4.93. The van der Waals surface area contributed by atoms with E-state index in [4.69, 9.17) is 9.84 Å². The highest BCUT2D eigenvalue weighted by Gasteiger charge is 2.18. The lowest BCUT2D eigenvalue weighted by molar-refractivity contribution is -0.138. The van der Waals surface area contributed by atoms with Crippen LogP contribution in [0.15, 0.2) is 11.0 Å². The highest BCUT2D eigenvalue weighted by molar-refractivity contribution is 5.90. The standard InChI is InChI=1S/C10H12N2O5/c1-3-17-10(16)8-6(2)4-11-12(9(8)15)5-7(13)14/h4H,3,5H2,1-2H3,(H,13,14). The van der Waals surface area contributed by atoms with Crippen molar-refractivity contribution in [1.82, 2.24) is 9.78 Å². The van der Waals surface area contributed by atoms with Crippen LogP contribution in [0.25, 0.3) is 0 Å². The van der Waals surface area contributed by atoms with Gasteiger partial charge in [0.05, 0.1) is 12.8 Å². The Balaban J connectivity index is 3.25. The van der Waals surface area contributed by atoms with E-state index in [1.54, 1.807) is 6.92 Å². The number of carbonyl (C=O) groups is 2. The second-order valence-corrected chi connectivity index (χ2v) is 3.28. The molecule has 1 rings (SSSR count). The largest absolute Gasteiger partial charge is 0.480 e. The summed E-state index contributed by atoms with van der Waals surface area (Å²) in [6.45, 7) is 2.69. The number of hydrogen-bond donors (Lipinski definition) is 1. The van der Waals surface area contributed by atoms with Crippen molar-refractivity contribution in [1.29, 1.82) is 0 Å². The third-order valence-electron chi connectivity index (χ3n) is 2.00. The van der Waals surface area contributed by atoms with Crippen LogP contribution in [0.4, 0.5) is 0 Å². The molecule has 0 aliphatic rings. The fourth-order valence-corrected chi connectivity index (χ4v) is 1.26. The number of carboxylic acids is 1. The van der Waals surface area contributed by atoms with Crippen LogP contribution in [0.2, 0.25) is 0 Å². The quantitative estimate of drug-likeness (QED) is 0.732. The van der Waals surface area contributed by atoms with Crippen LogP contribution in [0, 0.1) is 6.92 Å². The van der Waals surface area contributed by atoms with Crippen molar-refractivity contribution >= 4 is 11.9 Å². The minimum atomic E-state index is -1.21. The summed E-state index contributed by atoms with van der Waals surface area (Å²) in [5.41, 5.74) is -0.580. The highest BCUT2D eigenvalue weighted by Crippen LogP contribution is 2.02. The molecule has 0 unspecified atom stereocenters. The Kier molecular flexibility index (Phi) is 3.97. The second kappa shape index (κ2) is 5.24. The predicted octanol–water partition coefficient (Wildman–Crippen LogP) is -0.187. The minimum Gasteiger partial charge on any atom is -0.480 e. The maximum absolute atomic E-state index is 11.8. The molecule has 1 heterocycles. The first-order chi connectivity index (χ1) is 7.97. The Morgan fingerprint density at radius 2 is 2.18 bits per heavy atom. The summed E-state index contributed by atoms with van der Waals surface area (Å²) < 4.78 is 5.43. The van der Waals surface area contributed by atoms with Crippen LogP contribution in [0.1, 0.15) is 22.8 Å². The number of carbonyl (C=O) groups excluding carboxylic acids is 1. The lowest BCUT2D eigenvalue weighted by atomic mass is 10.2. The molecule has 0 saturated carbocycles. The molecule has 1 aromatic rings. The smallest absolute Gasteiger partial charge is 0.344 e. The topological polar surface area (TPSA) is 98.5 Å². The number of aryl methyl sites for hydroxylation is 1. The molecule has 0 amide bonds. The van der Waals surface area contributed by atoms with E-state index >= 15 is 0 Å². The van der Waals surface area contributed by atoms with Crippen LogP contribution < -0.4 is 5.56 Å². The van der Waals surface area contributed by atoms with Crippen molar-refractivity contribution in [3.63, 3.8) is 0 Å². The summed E-state index contributed by atoms with van der Waals surface area (Å²) >= 11 is 0. The van der Waals surface area contributed by atoms with Crippen molar-refractivity contribution < 1.29 is 19.4 Å². The van der Waals surface area contributed by atoms with Crippen molar-refractivity contribution in [2.45, 2.75) is 20.4 Å². The number of aromatic nitrogens is 2. The van der Waals surface area contributed by atoms with Gasteiger partial charge in [-0.05, 0) is 19.4 Å². The lowest BCUT2D eigenvalue weighted by Crippen LogP contribution is -2.32. The molecular formula is C10H12N2O5. The molecule has 0 aromatic carbocycles. The summed E-state index contributed by atoms with van der Waals surface area (Å²) in [7, 11) is 0. The zero-order valence-electron chi connectivity index (χ0n) is 9.47. The average Bonchev–Trinajstić information content (AvgIpc) is 2.22. The van der Waals surface area contributed by atoms with Gasteiger partial charge in [-0.15, -0.1) is 0 Å².